The van der Waals surface area contributed by atoms with Crippen LogP contribution in [0.3, 0.4) is 0 Å². The molecule has 6 amide bonds. The van der Waals surface area contributed by atoms with E-state index in [1.54, 1.807) is 56.4 Å². The lowest BCUT2D eigenvalue weighted by atomic mass is 10.0. The number of hydrogen-bond acceptors (Lipinski definition) is 7. The molecule has 2 fully saturated rings. The van der Waals surface area contributed by atoms with Crippen molar-refractivity contribution >= 4 is 41.2 Å². The summed E-state index contributed by atoms with van der Waals surface area (Å²) in [7, 11) is 1.46. The van der Waals surface area contributed by atoms with Crippen molar-refractivity contribution in [3.8, 4) is 5.75 Å². The summed E-state index contributed by atoms with van der Waals surface area (Å²) >= 11 is 0. The first-order chi connectivity index (χ1) is 22.9. The molecule has 2 aliphatic rings. The fraction of sp³-hybridized carbons (Fsp3) is 0.371. The van der Waals surface area contributed by atoms with Crippen molar-refractivity contribution in [2.45, 2.75) is 70.6 Å². The number of urea groups is 2. The number of amides is 6. The number of nitrogens with one attached hydrogen (secondary N) is 3. The zero-order valence-corrected chi connectivity index (χ0v) is 27.4. The smallest absolute Gasteiger partial charge is 0.328 e. The number of aliphatic carboxylic acids is 1. The van der Waals surface area contributed by atoms with Gasteiger partial charge in [0.15, 0.2) is 0 Å². The van der Waals surface area contributed by atoms with Crippen LogP contribution in [0.5, 0.6) is 5.75 Å². The Hall–Kier alpha value is -5.46. The lowest BCUT2D eigenvalue weighted by Crippen LogP contribution is -2.51. The number of nitrogens with zero attached hydrogens (tertiary/aromatic N) is 3. The number of carbonyl (C=O) groups is 5. The predicted octanol–water partition coefficient (Wildman–Crippen LogP) is 5.09. The lowest BCUT2D eigenvalue weighted by Gasteiger charge is -2.28. The highest BCUT2D eigenvalue weighted by Gasteiger charge is 2.55. The van der Waals surface area contributed by atoms with Gasteiger partial charge in [-0.1, -0.05) is 43.2 Å². The molecule has 3 aromatic rings. The summed E-state index contributed by atoms with van der Waals surface area (Å²) in [4.78, 5) is 72.6. The zero-order chi connectivity index (χ0) is 34.6. The van der Waals surface area contributed by atoms with E-state index >= 15 is 0 Å². The van der Waals surface area contributed by atoms with E-state index in [9.17, 15) is 29.1 Å². The summed E-state index contributed by atoms with van der Waals surface area (Å²) in [5.41, 5.74) is 1.82. The minimum Gasteiger partial charge on any atom is -0.495 e. The Morgan fingerprint density at radius 1 is 1.04 bits per heavy atom. The number of carbonyl (C=O) groups excluding carboxylic acids is 4. The number of aromatic nitrogens is 1. The van der Waals surface area contributed by atoms with Crippen LogP contribution in [0, 0.1) is 12.8 Å². The summed E-state index contributed by atoms with van der Waals surface area (Å²) in [5.74, 6) is -1.72. The molecule has 0 spiro atoms. The molecule has 13 nitrogen and oxygen atoms in total. The van der Waals surface area contributed by atoms with Crippen LogP contribution in [0.4, 0.5) is 21.0 Å². The van der Waals surface area contributed by atoms with Crippen LogP contribution in [-0.2, 0) is 20.9 Å². The third-order valence-electron chi connectivity index (χ3n) is 8.75. The number of ether oxygens (including phenoxy) is 1. The van der Waals surface area contributed by atoms with Crippen LogP contribution < -0.4 is 20.7 Å². The van der Waals surface area contributed by atoms with Gasteiger partial charge in [-0.3, -0.25) is 19.4 Å². The van der Waals surface area contributed by atoms with Gasteiger partial charge < -0.3 is 30.7 Å². The molecule has 0 radical (unpaired) electrons. The highest BCUT2D eigenvalue weighted by molar-refractivity contribution is 6.09. The second kappa shape index (κ2) is 14.1. The van der Waals surface area contributed by atoms with Gasteiger partial charge in [0.1, 0.15) is 17.3 Å². The van der Waals surface area contributed by atoms with E-state index in [2.05, 4.69) is 20.9 Å². The van der Waals surface area contributed by atoms with E-state index in [4.69, 9.17) is 4.74 Å². The van der Waals surface area contributed by atoms with Crippen molar-refractivity contribution in [1.29, 1.82) is 0 Å². The van der Waals surface area contributed by atoms with Crippen molar-refractivity contribution in [2.24, 2.45) is 5.92 Å². The van der Waals surface area contributed by atoms with E-state index in [1.807, 2.05) is 25.1 Å². The maximum Gasteiger partial charge on any atom is 0.328 e. The van der Waals surface area contributed by atoms with Crippen LogP contribution in [0.25, 0.3) is 0 Å². The maximum absolute atomic E-state index is 14.0. The molecule has 1 aromatic heterocycles. The van der Waals surface area contributed by atoms with E-state index in [-0.39, 0.29) is 18.9 Å². The van der Waals surface area contributed by atoms with Crippen LogP contribution in [0.1, 0.15) is 62.3 Å². The number of imide groups is 1. The summed E-state index contributed by atoms with van der Waals surface area (Å²) in [6.07, 6.45) is 4.65. The molecule has 252 valence electrons. The molecule has 1 saturated carbocycles. The first-order valence-corrected chi connectivity index (χ1v) is 15.8. The Labute approximate surface area is 278 Å². The third kappa shape index (κ3) is 7.56. The number of hydrogen-bond donors (Lipinski definition) is 4. The second-order valence-corrected chi connectivity index (χ2v) is 12.7. The van der Waals surface area contributed by atoms with Gasteiger partial charge in [-0.2, -0.15) is 0 Å². The van der Waals surface area contributed by atoms with Crippen molar-refractivity contribution in [1.82, 2.24) is 20.1 Å². The van der Waals surface area contributed by atoms with Crippen molar-refractivity contribution in [3.63, 3.8) is 0 Å². The van der Waals surface area contributed by atoms with Crippen LogP contribution >= 0.6 is 0 Å². The lowest BCUT2D eigenvalue weighted by molar-refractivity contribution is -0.140. The van der Waals surface area contributed by atoms with Crippen LogP contribution in [0.2, 0.25) is 0 Å². The summed E-state index contributed by atoms with van der Waals surface area (Å²) in [6, 6.07) is 12.6. The third-order valence-corrected chi connectivity index (χ3v) is 8.75. The normalized spacial score (nSPS) is 16.7. The fourth-order valence-electron chi connectivity index (χ4n) is 5.79. The minimum atomic E-state index is -1.29. The summed E-state index contributed by atoms with van der Waals surface area (Å²) in [6.45, 7) is 5.17. The van der Waals surface area contributed by atoms with Gasteiger partial charge in [0.25, 0.3) is 5.91 Å². The molecule has 1 aliphatic heterocycles. The number of carboxylic acid groups (broad SMARTS) is 1. The summed E-state index contributed by atoms with van der Waals surface area (Å²) in [5, 5.41) is 17.9. The van der Waals surface area contributed by atoms with Crippen LogP contribution in [-0.4, -0.2) is 68.4 Å². The number of rotatable bonds is 13. The number of aryl methyl sites for hydroxylation is 1. The summed E-state index contributed by atoms with van der Waals surface area (Å²) < 4.78 is 5.55. The number of para-hydroxylation sites is 1. The fourth-order valence-corrected chi connectivity index (χ4v) is 5.79. The van der Waals surface area contributed by atoms with Gasteiger partial charge in [0, 0.05) is 24.6 Å². The Kier molecular flexibility index (Phi) is 9.97. The molecule has 0 bridgehead atoms. The number of pyridine rings is 1. The number of benzene rings is 2. The first kappa shape index (κ1) is 33.9. The average Bonchev–Trinajstić information content (AvgIpc) is 3.86. The quantitative estimate of drug-likeness (QED) is 0.185. The molecule has 2 atom stereocenters. The van der Waals surface area contributed by atoms with Gasteiger partial charge in [-0.15, -0.1) is 0 Å². The maximum atomic E-state index is 14.0. The Balaban J connectivity index is 1.34. The number of methoxy groups -OCH3 is 1. The van der Waals surface area contributed by atoms with Gasteiger partial charge in [0.2, 0.25) is 5.91 Å². The van der Waals surface area contributed by atoms with Crippen molar-refractivity contribution < 1.29 is 33.8 Å². The van der Waals surface area contributed by atoms with Crippen molar-refractivity contribution in [3.05, 3.63) is 83.7 Å². The molecule has 2 heterocycles. The van der Waals surface area contributed by atoms with Crippen molar-refractivity contribution in [2.75, 3.05) is 17.7 Å². The Morgan fingerprint density at radius 3 is 2.42 bits per heavy atom. The molecule has 2 aromatic carbocycles. The average molecular weight is 657 g/mol. The molecule has 1 unspecified atom stereocenters. The van der Waals surface area contributed by atoms with Gasteiger partial charge in [-0.25, -0.2) is 14.5 Å². The van der Waals surface area contributed by atoms with E-state index in [1.165, 1.54) is 18.2 Å². The SMILES string of the molecule is COc1cc(CN2C(=O)N([C@@H](CC3CC3)C(=O)NC(CC(=O)O)c3cccnc3)C(=O)C2(C)C)ccc1NC(=O)Nc1ccccc1C. The molecule has 5 rings (SSSR count). The topological polar surface area (TPSA) is 170 Å². The predicted molar refractivity (Wildman–Crippen MR) is 177 cm³/mol. The molecular formula is C35H40N6O7. The first-order valence-electron chi connectivity index (χ1n) is 15.8. The zero-order valence-electron chi connectivity index (χ0n) is 27.4. The largest absolute Gasteiger partial charge is 0.495 e. The van der Waals surface area contributed by atoms with E-state index in [0.717, 1.165) is 23.3 Å². The molecule has 1 saturated heterocycles. The van der Waals surface area contributed by atoms with E-state index in [0.29, 0.717) is 28.3 Å². The van der Waals surface area contributed by atoms with Crippen LogP contribution in [0.15, 0.2) is 67.0 Å². The molecule has 48 heavy (non-hydrogen) atoms. The standard InChI is InChI=1S/C35H40N6O7/c1-21-8-5-6-10-25(21)38-33(46)39-26-14-13-23(17-29(26)48-4)20-40-34(47)41(32(45)35(40,2)3)28(16-22-11-12-22)31(44)37-27(18-30(42)43)24-9-7-15-36-19-24/h5-10,13-15,17,19,22,27-28H,11-12,16,18,20H2,1-4H3,(H,37,44)(H,42,43)(H2,38,39,46)/t27?,28-/m0/s1. The van der Waals surface area contributed by atoms with Gasteiger partial charge >= 0.3 is 18.0 Å². The van der Waals surface area contributed by atoms with E-state index < -0.39 is 53.9 Å². The van der Waals surface area contributed by atoms with Gasteiger partial charge in [0.05, 0.1) is 25.3 Å². The molecule has 4 N–H and O–H groups in total. The van der Waals surface area contributed by atoms with Gasteiger partial charge in [-0.05, 0) is 74.1 Å². The molecular weight excluding hydrogens is 616 g/mol. The highest BCUT2D eigenvalue weighted by atomic mass is 16.5. The Morgan fingerprint density at radius 2 is 1.77 bits per heavy atom. The monoisotopic (exact) mass is 656 g/mol. The second-order valence-electron chi connectivity index (χ2n) is 12.7. The number of carboxylic acids is 1. The minimum absolute atomic E-state index is 0.0230. The number of anilines is 2. The molecule has 1 aliphatic carbocycles. The highest BCUT2D eigenvalue weighted by Crippen LogP contribution is 2.39. The molecule has 13 heteroatoms. The Bertz CT molecular complexity index is 1710.